The van der Waals surface area contributed by atoms with E-state index in [9.17, 15) is 4.79 Å². The monoisotopic (exact) mass is 164 g/mol. The highest BCUT2D eigenvalue weighted by molar-refractivity contribution is 5.76. The summed E-state index contributed by atoms with van der Waals surface area (Å²) in [5.41, 5.74) is -0.126. The maximum Gasteiger partial charge on any atom is 0.307 e. The fraction of sp³-hybridized carbons (Fsp3) is 0.500. The maximum absolute atomic E-state index is 10.7. The van der Waals surface area contributed by atoms with E-state index in [2.05, 4.69) is 5.92 Å². The summed E-state index contributed by atoms with van der Waals surface area (Å²) in [7, 11) is 0. The number of carboxylic acid groups (broad SMARTS) is 1. The Morgan fingerprint density at radius 1 is 1.67 bits per heavy atom. The van der Waals surface area contributed by atoms with E-state index in [1.807, 2.05) is 13.8 Å². The molecule has 1 aliphatic rings. The van der Waals surface area contributed by atoms with Crippen molar-refractivity contribution in [2.24, 2.45) is 17.3 Å². The van der Waals surface area contributed by atoms with E-state index in [1.165, 1.54) is 0 Å². The average Bonchev–Trinajstić information content (AvgIpc) is 2.49. The molecule has 1 rings (SSSR count). The highest BCUT2D eigenvalue weighted by atomic mass is 16.4. The van der Waals surface area contributed by atoms with Gasteiger partial charge in [-0.1, -0.05) is 25.8 Å². The van der Waals surface area contributed by atoms with Gasteiger partial charge in [-0.15, -0.1) is 6.42 Å². The van der Waals surface area contributed by atoms with Crippen LogP contribution in [0.25, 0.3) is 0 Å². The molecule has 0 spiro atoms. The molecule has 2 unspecified atom stereocenters. The largest absolute Gasteiger partial charge is 0.481 e. The van der Waals surface area contributed by atoms with Crippen molar-refractivity contribution in [2.75, 3.05) is 0 Å². The molecule has 0 aromatic heterocycles. The first-order valence-corrected chi connectivity index (χ1v) is 3.87. The highest BCUT2D eigenvalue weighted by Crippen LogP contribution is 2.58. The summed E-state index contributed by atoms with van der Waals surface area (Å²) in [6.45, 7) is 3.88. The van der Waals surface area contributed by atoms with Crippen molar-refractivity contribution in [3.63, 3.8) is 0 Å². The first-order chi connectivity index (χ1) is 5.51. The van der Waals surface area contributed by atoms with Crippen molar-refractivity contribution >= 4 is 5.97 Å². The van der Waals surface area contributed by atoms with Gasteiger partial charge in [0.2, 0.25) is 0 Å². The number of carbonyl (C=O) groups is 1. The Bertz CT molecular complexity index is 268. The van der Waals surface area contributed by atoms with Crippen molar-refractivity contribution in [3.05, 3.63) is 12.2 Å². The van der Waals surface area contributed by atoms with Crippen LogP contribution in [0.4, 0.5) is 0 Å². The molecule has 2 heteroatoms. The van der Waals surface area contributed by atoms with Crippen LogP contribution in [-0.4, -0.2) is 11.1 Å². The lowest BCUT2D eigenvalue weighted by Crippen LogP contribution is -2.02. The second-order valence-corrected chi connectivity index (χ2v) is 3.69. The quantitative estimate of drug-likeness (QED) is 0.628. The first kappa shape index (κ1) is 8.86. The Hall–Kier alpha value is -1.23. The third-order valence-corrected chi connectivity index (χ3v) is 2.58. The van der Waals surface area contributed by atoms with Crippen LogP contribution in [0, 0.1) is 29.6 Å². The van der Waals surface area contributed by atoms with Gasteiger partial charge in [0.25, 0.3) is 0 Å². The average molecular weight is 164 g/mol. The number of allylic oxidation sites excluding steroid dienone is 2. The van der Waals surface area contributed by atoms with Crippen LogP contribution < -0.4 is 0 Å². The molecule has 1 N–H and O–H groups in total. The van der Waals surface area contributed by atoms with Crippen LogP contribution in [0.3, 0.4) is 0 Å². The topological polar surface area (TPSA) is 37.3 Å². The zero-order valence-corrected chi connectivity index (χ0v) is 7.24. The lowest BCUT2D eigenvalue weighted by atomic mass is 10.1. The number of rotatable bonds is 2. The molecule has 0 heterocycles. The van der Waals surface area contributed by atoms with Crippen molar-refractivity contribution < 1.29 is 9.90 Å². The lowest BCUT2D eigenvalue weighted by molar-refractivity contribution is -0.139. The molecule has 1 aliphatic carbocycles. The van der Waals surface area contributed by atoms with Gasteiger partial charge in [-0.05, 0) is 17.4 Å². The summed E-state index contributed by atoms with van der Waals surface area (Å²) < 4.78 is 0. The number of hydrogen-bond donors (Lipinski definition) is 1. The molecule has 12 heavy (non-hydrogen) atoms. The van der Waals surface area contributed by atoms with Gasteiger partial charge in [0.15, 0.2) is 0 Å². The Labute approximate surface area is 72.3 Å². The van der Waals surface area contributed by atoms with Gasteiger partial charge < -0.3 is 5.11 Å². The van der Waals surface area contributed by atoms with Crippen molar-refractivity contribution in [3.8, 4) is 12.3 Å². The van der Waals surface area contributed by atoms with E-state index in [0.29, 0.717) is 0 Å². The summed E-state index contributed by atoms with van der Waals surface area (Å²) in [5.74, 6) is 1.47. The minimum Gasteiger partial charge on any atom is -0.481 e. The van der Waals surface area contributed by atoms with Gasteiger partial charge in [0, 0.05) is 0 Å². The molecular formula is C10H12O2. The van der Waals surface area contributed by atoms with Crippen LogP contribution in [0.2, 0.25) is 0 Å². The standard InChI is InChI=1S/C10H12O2/c1-4-5-6-7-8(9(11)12)10(7,2)3/h1,5-8H,2-3H3,(H,11,12). The van der Waals surface area contributed by atoms with Crippen LogP contribution >= 0.6 is 0 Å². The van der Waals surface area contributed by atoms with Gasteiger partial charge in [-0.3, -0.25) is 4.79 Å². The van der Waals surface area contributed by atoms with Crippen LogP contribution in [-0.2, 0) is 4.79 Å². The van der Waals surface area contributed by atoms with Gasteiger partial charge in [0.1, 0.15) is 0 Å². The summed E-state index contributed by atoms with van der Waals surface area (Å²) in [6, 6.07) is 0. The maximum atomic E-state index is 10.7. The minimum atomic E-state index is -0.730. The number of aliphatic carboxylic acids is 1. The number of carboxylic acids is 1. The van der Waals surface area contributed by atoms with Crippen LogP contribution in [0.5, 0.6) is 0 Å². The molecule has 0 aliphatic heterocycles. The fourth-order valence-corrected chi connectivity index (χ4v) is 1.67. The van der Waals surface area contributed by atoms with E-state index in [4.69, 9.17) is 11.5 Å². The summed E-state index contributed by atoms with van der Waals surface area (Å²) in [6.07, 6.45) is 8.41. The molecule has 0 aromatic carbocycles. The molecule has 0 aromatic rings. The molecular weight excluding hydrogens is 152 g/mol. The predicted molar refractivity (Wildman–Crippen MR) is 46.4 cm³/mol. The molecule has 1 fully saturated rings. The van der Waals surface area contributed by atoms with Gasteiger partial charge in [0.05, 0.1) is 5.92 Å². The van der Waals surface area contributed by atoms with E-state index < -0.39 is 5.97 Å². The smallest absolute Gasteiger partial charge is 0.307 e. The number of hydrogen-bond acceptors (Lipinski definition) is 1. The summed E-state index contributed by atoms with van der Waals surface area (Å²) in [4.78, 5) is 10.7. The van der Waals surface area contributed by atoms with Gasteiger partial charge >= 0.3 is 5.97 Å². The Kier molecular flexibility index (Phi) is 1.97. The second-order valence-electron chi connectivity index (χ2n) is 3.69. The number of terminal acetylenes is 1. The molecule has 0 amide bonds. The third kappa shape index (κ3) is 1.23. The fourth-order valence-electron chi connectivity index (χ4n) is 1.67. The van der Waals surface area contributed by atoms with Crippen LogP contribution in [0.15, 0.2) is 12.2 Å². The molecule has 0 bridgehead atoms. The Morgan fingerprint density at radius 2 is 2.25 bits per heavy atom. The highest BCUT2D eigenvalue weighted by Gasteiger charge is 2.60. The Balaban J connectivity index is 2.68. The van der Waals surface area contributed by atoms with E-state index in [1.54, 1.807) is 12.2 Å². The molecule has 0 saturated heterocycles. The van der Waals surface area contributed by atoms with E-state index in [-0.39, 0.29) is 17.3 Å². The molecule has 0 radical (unpaired) electrons. The zero-order chi connectivity index (χ0) is 9.35. The van der Waals surface area contributed by atoms with E-state index >= 15 is 0 Å². The van der Waals surface area contributed by atoms with E-state index in [0.717, 1.165) is 0 Å². The lowest BCUT2D eigenvalue weighted by Gasteiger charge is -1.95. The summed E-state index contributed by atoms with van der Waals surface area (Å²) >= 11 is 0. The van der Waals surface area contributed by atoms with Crippen molar-refractivity contribution in [1.29, 1.82) is 0 Å². The third-order valence-electron chi connectivity index (χ3n) is 2.58. The normalized spacial score (nSPS) is 31.4. The van der Waals surface area contributed by atoms with Crippen molar-refractivity contribution in [2.45, 2.75) is 13.8 Å². The van der Waals surface area contributed by atoms with Gasteiger partial charge in [-0.25, -0.2) is 0 Å². The molecule has 2 atom stereocenters. The van der Waals surface area contributed by atoms with Crippen molar-refractivity contribution in [1.82, 2.24) is 0 Å². The second kappa shape index (κ2) is 2.67. The summed E-state index contributed by atoms with van der Waals surface area (Å²) in [5, 5.41) is 8.77. The Morgan fingerprint density at radius 3 is 2.58 bits per heavy atom. The van der Waals surface area contributed by atoms with Gasteiger partial charge in [-0.2, -0.15) is 0 Å². The molecule has 2 nitrogen and oxygen atoms in total. The molecule has 1 saturated carbocycles. The first-order valence-electron chi connectivity index (χ1n) is 3.87. The SMILES string of the molecule is C#CC=CC1C(C(=O)O)C1(C)C. The van der Waals surface area contributed by atoms with Crippen LogP contribution in [0.1, 0.15) is 13.8 Å². The minimum absolute atomic E-state index is 0.103. The predicted octanol–water partition coefficient (Wildman–Crippen LogP) is 1.53. The molecule has 64 valence electrons. The zero-order valence-electron chi connectivity index (χ0n) is 7.24.